The molecule has 8 heteroatoms. The molecule has 0 aromatic heterocycles. The van der Waals surface area contributed by atoms with Crippen LogP contribution < -0.4 is 19.1 Å². The third kappa shape index (κ3) is 4.87. The smallest absolute Gasteiger partial charge is 0.300 e. The number of ether oxygens (including phenoxy) is 3. The molecule has 37 heavy (non-hydrogen) atoms. The van der Waals surface area contributed by atoms with Gasteiger partial charge in [-0.3, -0.25) is 14.5 Å². The van der Waals surface area contributed by atoms with Crippen molar-refractivity contribution in [3.8, 4) is 17.2 Å². The molecule has 1 amide bonds. The Morgan fingerprint density at radius 1 is 0.973 bits per heavy atom. The number of halogens is 1. The second kappa shape index (κ2) is 10.6. The lowest BCUT2D eigenvalue weighted by Gasteiger charge is -2.27. The number of carbonyl (C=O) groups excluding carboxylic acids is 2. The molecule has 1 atom stereocenters. The van der Waals surface area contributed by atoms with Crippen LogP contribution in [0.3, 0.4) is 0 Å². The number of rotatable bonds is 7. The average Bonchev–Trinajstić information content (AvgIpc) is 3.14. The van der Waals surface area contributed by atoms with Crippen LogP contribution in [0.1, 0.15) is 36.6 Å². The van der Waals surface area contributed by atoms with E-state index in [-0.39, 0.29) is 17.4 Å². The van der Waals surface area contributed by atoms with Gasteiger partial charge in [0, 0.05) is 16.3 Å². The molecule has 1 heterocycles. The van der Waals surface area contributed by atoms with Crippen molar-refractivity contribution in [2.24, 2.45) is 0 Å². The van der Waals surface area contributed by atoms with Crippen molar-refractivity contribution in [1.29, 1.82) is 0 Å². The Morgan fingerprint density at radius 3 is 2.35 bits per heavy atom. The number of aliphatic hydroxyl groups excluding tert-OH is 1. The van der Waals surface area contributed by atoms with E-state index in [1.54, 1.807) is 67.6 Å². The van der Waals surface area contributed by atoms with Crippen LogP contribution in [0, 0.1) is 6.92 Å². The second-order valence-corrected chi connectivity index (χ2v) is 9.27. The minimum atomic E-state index is -0.952. The molecule has 3 aromatic carbocycles. The maximum absolute atomic E-state index is 13.5. The van der Waals surface area contributed by atoms with Gasteiger partial charge in [-0.15, -0.1) is 0 Å². The summed E-state index contributed by atoms with van der Waals surface area (Å²) < 4.78 is 16.6. The Kier molecular flexibility index (Phi) is 7.45. The number of benzene rings is 3. The van der Waals surface area contributed by atoms with Gasteiger partial charge in [0.15, 0.2) is 11.5 Å². The predicted molar refractivity (Wildman–Crippen MR) is 143 cm³/mol. The summed E-state index contributed by atoms with van der Waals surface area (Å²) in [6.45, 7) is 5.56. The molecule has 1 aliphatic heterocycles. The van der Waals surface area contributed by atoms with Gasteiger partial charge in [0.1, 0.15) is 11.5 Å². The van der Waals surface area contributed by atoms with Gasteiger partial charge in [-0.25, -0.2) is 0 Å². The number of hydrogen-bond acceptors (Lipinski definition) is 6. The Balaban J connectivity index is 1.97. The van der Waals surface area contributed by atoms with Crippen molar-refractivity contribution in [3.05, 3.63) is 87.9 Å². The van der Waals surface area contributed by atoms with Crippen molar-refractivity contribution in [2.75, 3.05) is 19.1 Å². The Bertz CT molecular complexity index is 1400. The topological polar surface area (TPSA) is 85.3 Å². The number of amides is 1. The van der Waals surface area contributed by atoms with Gasteiger partial charge in [0.25, 0.3) is 11.7 Å². The summed E-state index contributed by atoms with van der Waals surface area (Å²) in [6.07, 6.45) is -0.0828. The third-order valence-electron chi connectivity index (χ3n) is 6.15. The minimum absolute atomic E-state index is 0.0571. The number of nitrogens with zero attached hydrogens (tertiary/aromatic N) is 1. The van der Waals surface area contributed by atoms with E-state index >= 15 is 0 Å². The first-order chi connectivity index (χ1) is 17.7. The average molecular weight is 522 g/mol. The number of methoxy groups -OCH3 is 2. The fraction of sp³-hybridized carbons (Fsp3) is 0.241. The lowest BCUT2D eigenvalue weighted by atomic mass is 9.94. The number of aliphatic hydroxyl groups is 1. The zero-order valence-electron chi connectivity index (χ0n) is 21.2. The van der Waals surface area contributed by atoms with Crippen LogP contribution in [0.25, 0.3) is 5.76 Å². The Hall–Kier alpha value is -3.97. The van der Waals surface area contributed by atoms with Gasteiger partial charge in [0.05, 0.1) is 31.9 Å². The normalized spacial score (nSPS) is 16.8. The van der Waals surface area contributed by atoms with Gasteiger partial charge in [0.2, 0.25) is 0 Å². The van der Waals surface area contributed by atoms with Gasteiger partial charge < -0.3 is 19.3 Å². The summed E-state index contributed by atoms with van der Waals surface area (Å²) in [6, 6.07) is 16.1. The highest BCUT2D eigenvalue weighted by atomic mass is 35.5. The van der Waals surface area contributed by atoms with Gasteiger partial charge in [-0.05, 0) is 68.3 Å². The molecule has 1 aliphatic rings. The summed E-state index contributed by atoms with van der Waals surface area (Å²) in [5, 5.41) is 11.9. The van der Waals surface area contributed by atoms with Crippen molar-refractivity contribution < 1.29 is 28.9 Å². The van der Waals surface area contributed by atoms with E-state index in [0.717, 1.165) is 0 Å². The molecule has 1 fully saturated rings. The summed E-state index contributed by atoms with van der Waals surface area (Å²) in [4.78, 5) is 28.4. The van der Waals surface area contributed by atoms with Gasteiger partial charge in [-0.2, -0.15) is 0 Å². The molecule has 4 rings (SSSR count). The van der Waals surface area contributed by atoms with Crippen LogP contribution in [0.4, 0.5) is 5.69 Å². The van der Waals surface area contributed by atoms with Crippen LogP contribution in [0.15, 0.2) is 66.2 Å². The summed E-state index contributed by atoms with van der Waals surface area (Å²) in [5.74, 6) is -0.467. The molecule has 7 nitrogen and oxygen atoms in total. The lowest BCUT2D eigenvalue weighted by Crippen LogP contribution is -2.30. The van der Waals surface area contributed by atoms with Crippen molar-refractivity contribution in [2.45, 2.75) is 32.9 Å². The second-order valence-electron chi connectivity index (χ2n) is 8.86. The fourth-order valence-electron chi connectivity index (χ4n) is 4.42. The van der Waals surface area contributed by atoms with Crippen molar-refractivity contribution >= 4 is 34.7 Å². The maximum Gasteiger partial charge on any atom is 0.300 e. The monoisotopic (exact) mass is 521 g/mol. The first-order valence-electron chi connectivity index (χ1n) is 11.7. The molecule has 0 saturated carbocycles. The maximum atomic E-state index is 13.5. The molecule has 1 N–H and O–H groups in total. The molecular weight excluding hydrogens is 494 g/mol. The number of hydrogen-bond donors (Lipinski definition) is 1. The number of Topliss-reactive ketones (excluding diaryl/α,β-unsaturated/α-hetero) is 1. The predicted octanol–water partition coefficient (Wildman–Crippen LogP) is 6.08. The van der Waals surface area contributed by atoms with E-state index in [9.17, 15) is 14.7 Å². The number of ketones is 1. The summed E-state index contributed by atoms with van der Waals surface area (Å²) in [7, 11) is 3.02. The minimum Gasteiger partial charge on any atom is -0.507 e. The standard InChI is InChI=1S/C29H28ClNO6/c1-16(2)37-20-9-6-8-19(14-20)27(32)25-26(18-12-13-23(35-4)24(15-18)36-5)31(29(34)28(25)33)22-11-7-10-21(30)17(22)3/h6-16,26,32H,1-5H3/b27-25+. The summed E-state index contributed by atoms with van der Waals surface area (Å²) in [5.41, 5.74) is 1.93. The SMILES string of the molecule is COc1ccc(C2/C(=C(\O)c3cccc(OC(C)C)c3)C(=O)C(=O)N2c2cccc(Cl)c2C)cc1OC. The van der Waals surface area contributed by atoms with E-state index < -0.39 is 17.7 Å². The van der Waals surface area contributed by atoms with Gasteiger partial charge in [-0.1, -0.05) is 35.9 Å². The molecule has 192 valence electrons. The highest BCUT2D eigenvalue weighted by molar-refractivity contribution is 6.52. The molecule has 1 saturated heterocycles. The molecule has 0 aliphatic carbocycles. The summed E-state index contributed by atoms with van der Waals surface area (Å²) >= 11 is 6.38. The van der Waals surface area contributed by atoms with Crippen LogP contribution in [0.5, 0.6) is 17.2 Å². The number of carbonyl (C=O) groups is 2. The quantitative estimate of drug-likeness (QED) is 0.230. The van der Waals surface area contributed by atoms with Crippen LogP contribution in [-0.2, 0) is 9.59 Å². The van der Waals surface area contributed by atoms with E-state index in [0.29, 0.717) is 44.6 Å². The fourth-order valence-corrected chi connectivity index (χ4v) is 4.59. The van der Waals surface area contributed by atoms with E-state index in [1.165, 1.54) is 19.1 Å². The third-order valence-corrected chi connectivity index (χ3v) is 6.56. The highest BCUT2D eigenvalue weighted by Crippen LogP contribution is 2.45. The Morgan fingerprint density at radius 2 is 1.68 bits per heavy atom. The molecular formula is C29H28ClNO6. The van der Waals surface area contributed by atoms with E-state index in [2.05, 4.69) is 0 Å². The molecule has 0 spiro atoms. The lowest BCUT2D eigenvalue weighted by molar-refractivity contribution is -0.132. The Labute approximate surface area is 220 Å². The highest BCUT2D eigenvalue weighted by Gasteiger charge is 2.47. The zero-order valence-corrected chi connectivity index (χ0v) is 22.0. The molecule has 3 aromatic rings. The van der Waals surface area contributed by atoms with Crippen LogP contribution >= 0.6 is 11.6 Å². The van der Waals surface area contributed by atoms with Crippen LogP contribution in [0.2, 0.25) is 5.02 Å². The van der Waals surface area contributed by atoms with Crippen LogP contribution in [-0.4, -0.2) is 37.1 Å². The largest absolute Gasteiger partial charge is 0.507 e. The molecule has 0 bridgehead atoms. The molecule has 1 unspecified atom stereocenters. The van der Waals surface area contributed by atoms with E-state index in [1.807, 2.05) is 13.8 Å². The molecule has 0 radical (unpaired) electrons. The van der Waals surface area contributed by atoms with Gasteiger partial charge >= 0.3 is 0 Å². The van der Waals surface area contributed by atoms with Crippen molar-refractivity contribution in [1.82, 2.24) is 0 Å². The van der Waals surface area contributed by atoms with E-state index in [4.69, 9.17) is 25.8 Å². The zero-order chi connectivity index (χ0) is 26.9. The first-order valence-corrected chi connectivity index (χ1v) is 12.1. The van der Waals surface area contributed by atoms with Crippen molar-refractivity contribution in [3.63, 3.8) is 0 Å². The number of anilines is 1. The first kappa shape index (κ1) is 26.1.